The molecule has 0 bridgehead atoms. The Labute approximate surface area is 124 Å². The lowest BCUT2D eigenvalue weighted by Gasteiger charge is -2.22. The van der Waals surface area contributed by atoms with E-state index in [1.165, 1.54) is 12.1 Å². The van der Waals surface area contributed by atoms with Crippen LogP contribution in [0.1, 0.15) is 33.3 Å². The van der Waals surface area contributed by atoms with Gasteiger partial charge in [0.05, 0.1) is 0 Å². The quantitative estimate of drug-likeness (QED) is 0.781. The van der Waals surface area contributed by atoms with Gasteiger partial charge in [-0.25, -0.2) is 9.18 Å². The molecular formula is C15H23FN2O3. The van der Waals surface area contributed by atoms with Crippen LogP contribution in [0.5, 0.6) is 5.75 Å². The molecule has 6 heteroatoms. The maximum Gasteiger partial charge on any atom is 0.407 e. The number of rotatable bonds is 5. The minimum atomic E-state index is -0.644. The Hall–Kier alpha value is -1.82. The molecule has 118 valence electrons. The third-order valence-corrected chi connectivity index (χ3v) is 2.60. The van der Waals surface area contributed by atoms with Crippen molar-refractivity contribution in [2.75, 3.05) is 6.54 Å². The van der Waals surface area contributed by atoms with E-state index in [1.54, 1.807) is 26.8 Å². The van der Waals surface area contributed by atoms with E-state index in [0.29, 0.717) is 18.7 Å². The minimum absolute atomic E-state index is 0.157. The first-order valence-corrected chi connectivity index (χ1v) is 6.85. The number of carbonyl (C=O) groups is 1. The molecule has 1 aromatic carbocycles. The molecule has 5 nitrogen and oxygen atoms in total. The SMILES string of the molecule is CC(CNCc1cccc(F)c1O)NC(=O)OC(C)(C)C. The maximum atomic E-state index is 13.1. The summed E-state index contributed by atoms with van der Waals surface area (Å²) < 4.78 is 18.3. The molecule has 1 amide bonds. The number of carbonyl (C=O) groups excluding carboxylic acids is 1. The van der Waals surface area contributed by atoms with Crippen LogP contribution < -0.4 is 10.6 Å². The second kappa shape index (κ2) is 7.26. The number of phenolic OH excluding ortho intramolecular Hbond substituents is 1. The van der Waals surface area contributed by atoms with E-state index in [-0.39, 0.29) is 11.8 Å². The Morgan fingerprint density at radius 2 is 2.10 bits per heavy atom. The average molecular weight is 298 g/mol. The molecule has 0 aliphatic carbocycles. The molecule has 1 rings (SSSR count). The van der Waals surface area contributed by atoms with Crippen LogP contribution in [0.3, 0.4) is 0 Å². The van der Waals surface area contributed by atoms with Crippen molar-refractivity contribution in [3.05, 3.63) is 29.6 Å². The van der Waals surface area contributed by atoms with Crippen molar-refractivity contribution >= 4 is 6.09 Å². The number of hydrogen-bond donors (Lipinski definition) is 3. The molecule has 0 saturated carbocycles. The van der Waals surface area contributed by atoms with E-state index in [4.69, 9.17) is 4.74 Å². The maximum absolute atomic E-state index is 13.1. The van der Waals surface area contributed by atoms with Gasteiger partial charge in [0.15, 0.2) is 11.6 Å². The van der Waals surface area contributed by atoms with Crippen LogP contribution >= 0.6 is 0 Å². The van der Waals surface area contributed by atoms with Crippen molar-refractivity contribution < 1.29 is 19.0 Å². The smallest absolute Gasteiger partial charge is 0.407 e. The highest BCUT2D eigenvalue weighted by molar-refractivity contribution is 5.68. The first-order valence-electron chi connectivity index (χ1n) is 6.85. The number of halogens is 1. The van der Waals surface area contributed by atoms with Gasteiger partial charge in [-0.05, 0) is 33.8 Å². The van der Waals surface area contributed by atoms with Gasteiger partial charge >= 0.3 is 6.09 Å². The minimum Gasteiger partial charge on any atom is -0.505 e. The number of alkyl carbamates (subject to hydrolysis) is 1. The van der Waals surface area contributed by atoms with Crippen LogP contribution in [-0.4, -0.2) is 29.4 Å². The lowest BCUT2D eigenvalue weighted by Crippen LogP contribution is -2.42. The number of phenols is 1. The molecule has 0 radical (unpaired) electrons. The van der Waals surface area contributed by atoms with E-state index < -0.39 is 17.5 Å². The molecule has 1 unspecified atom stereocenters. The zero-order valence-corrected chi connectivity index (χ0v) is 12.9. The summed E-state index contributed by atoms with van der Waals surface area (Å²) in [5.74, 6) is -0.994. The van der Waals surface area contributed by atoms with E-state index in [0.717, 1.165) is 0 Å². The highest BCUT2D eigenvalue weighted by Gasteiger charge is 2.17. The number of aromatic hydroxyl groups is 1. The van der Waals surface area contributed by atoms with Crippen LogP contribution in [0.4, 0.5) is 9.18 Å². The molecule has 3 N–H and O–H groups in total. The van der Waals surface area contributed by atoms with Gasteiger partial charge in [-0.3, -0.25) is 0 Å². The third kappa shape index (κ3) is 6.44. The molecule has 21 heavy (non-hydrogen) atoms. The summed E-state index contributed by atoms with van der Waals surface area (Å²) >= 11 is 0. The van der Waals surface area contributed by atoms with Gasteiger partial charge < -0.3 is 20.5 Å². The molecule has 0 heterocycles. The summed E-state index contributed by atoms with van der Waals surface area (Å²) in [4.78, 5) is 11.6. The first kappa shape index (κ1) is 17.2. The number of ether oxygens (including phenoxy) is 1. The predicted octanol–water partition coefficient (Wildman–Crippen LogP) is 2.53. The average Bonchev–Trinajstić information content (AvgIpc) is 2.32. The number of benzene rings is 1. The van der Waals surface area contributed by atoms with Gasteiger partial charge in [0.25, 0.3) is 0 Å². The Morgan fingerprint density at radius 3 is 2.71 bits per heavy atom. The number of para-hydroxylation sites is 1. The molecule has 0 aromatic heterocycles. The van der Waals surface area contributed by atoms with Crippen molar-refractivity contribution in [3.63, 3.8) is 0 Å². The lowest BCUT2D eigenvalue weighted by molar-refractivity contribution is 0.0508. The van der Waals surface area contributed by atoms with Crippen molar-refractivity contribution in [3.8, 4) is 5.75 Å². The molecule has 1 aromatic rings. The topological polar surface area (TPSA) is 70.6 Å². The molecule has 1 atom stereocenters. The molecule has 0 aliphatic heterocycles. The summed E-state index contributed by atoms with van der Waals surface area (Å²) in [5.41, 5.74) is -0.0654. The van der Waals surface area contributed by atoms with Crippen LogP contribution in [0, 0.1) is 5.82 Å². The molecule has 0 fully saturated rings. The summed E-state index contributed by atoms with van der Waals surface area (Å²) in [6.45, 7) is 7.98. The van der Waals surface area contributed by atoms with Gasteiger partial charge in [0.1, 0.15) is 5.60 Å². The summed E-state index contributed by atoms with van der Waals surface area (Å²) in [5, 5.41) is 15.3. The standard InChI is InChI=1S/C15H23FN2O3/c1-10(18-14(20)21-15(2,3)4)8-17-9-11-6-5-7-12(16)13(11)19/h5-7,10,17,19H,8-9H2,1-4H3,(H,18,20). The zero-order valence-electron chi connectivity index (χ0n) is 12.9. The summed E-state index contributed by atoms with van der Waals surface area (Å²) in [6, 6.07) is 4.22. The highest BCUT2D eigenvalue weighted by atomic mass is 19.1. The van der Waals surface area contributed by atoms with E-state index in [1.807, 2.05) is 6.92 Å². The molecule has 0 spiro atoms. The zero-order chi connectivity index (χ0) is 16.0. The fourth-order valence-corrected chi connectivity index (χ4v) is 1.69. The molecule has 0 saturated heterocycles. The van der Waals surface area contributed by atoms with E-state index in [9.17, 15) is 14.3 Å². The Morgan fingerprint density at radius 1 is 1.43 bits per heavy atom. The number of amides is 1. The van der Waals surface area contributed by atoms with Gasteiger partial charge in [-0.15, -0.1) is 0 Å². The highest BCUT2D eigenvalue weighted by Crippen LogP contribution is 2.20. The van der Waals surface area contributed by atoms with Gasteiger partial charge in [0, 0.05) is 24.7 Å². The van der Waals surface area contributed by atoms with Crippen LogP contribution in [-0.2, 0) is 11.3 Å². The Kier molecular flexibility index (Phi) is 5.96. The third-order valence-electron chi connectivity index (χ3n) is 2.60. The number of hydrogen-bond acceptors (Lipinski definition) is 4. The molecule has 0 aliphatic rings. The summed E-state index contributed by atoms with van der Waals surface area (Å²) in [7, 11) is 0. The summed E-state index contributed by atoms with van der Waals surface area (Å²) in [6.07, 6.45) is -0.481. The van der Waals surface area contributed by atoms with E-state index in [2.05, 4.69) is 10.6 Å². The predicted molar refractivity (Wildman–Crippen MR) is 78.6 cm³/mol. The number of nitrogens with one attached hydrogen (secondary N) is 2. The van der Waals surface area contributed by atoms with Crippen LogP contribution in [0.2, 0.25) is 0 Å². The van der Waals surface area contributed by atoms with Crippen molar-refractivity contribution in [1.29, 1.82) is 0 Å². The van der Waals surface area contributed by atoms with Crippen LogP contribution in [0.25, 0.3) is 0 Å². The first-order chi connectivity index (χ1) is 9.69. The van der Waals surface area contributed by atoms with Crippen molar-refractivity contribution in [2.45, 2.75) is 45.9 Å². The molecular weight excluding hydrogens is 275 g/mol. The lowest BCUT2D eigenvalue weighted by atomic mass is 10.2. The van der Waals surface area contributed by atoms with Gasteiger partial charge in [-0.1, -0.05) is 12.1 Å². The van der Waals surface area contributed by atoms with Crippen LogP contribution in [0.15, 0.2) is 18.2 Å². The Balaban J connectivity index is 2.35. The van der Waals surface area contributed by atoms with Crippen molar-refractivity contribution in [1.82, 2.24) is 10.6 Å². The monoisotopic (exact) mass is 298 g/mol. The Bertz CT molecular complexity index is 486. The van der Waals surface area contributed by atoms with E-state index >= 15 is 0 Å². The van der Waals surface area contributed by atoms with Gasteiger partial charge in [0.2, 0.25) is 0 Å². The largest absolute Gasteiger partial charge is 0.505 e. The second-order valence-corrected chi connectivity index (χ2v) is 5.93. The fraction of sp³-hybridized carbons (Fsp3) is 0.533. The van der Waals surface area contributed by atoms with Crippen molar-refractivity contribution in [2.24, 2.45) is 0 Å². The normalized spacial score (nSPS) is 12.8. The van der Waals surface area contributed by atoms with Gasteiger partial charge in [-0.2, -0.15) is 0 Å². The second-order valence-electron chi connectivity index (χ2n) is 5.93. The fourth-order valence-electron chi connectivity index (χ4n) is 1.69.